The van der Waals surface area contributed by atoms with E-state index in [1.54, 1.807) is 0 Å². The van der Waals surface area contributed by atoms with Gasteiger partial charge in [-0.1, -0.05) is 32.6 Å². The standard InChI is InChI=1S/C11H25NO/c1-3-4-5-6-7-10-13-11(2)8-9-12/h11H,3-10,12H2,1-2H3. The summed E-state index contributed by atoms with van der Waals surface area (Å²) in [7, 11) is 0. The van der Waals surface area contributed by atoms with Gasteiger partial charge in [0, 0.05) is 6.61 Å². The molecular formula is C11H25NO. The second kappa shape index (κ2) is 10.0. The van der Waals surface area contributed by atoms with Crippen LogP contribution in [0.1, 0.15) is 52.4 Å². The van der Waals surface area contributed by atoms with Crippen LogP contribution < -0.4 is 5.73 Å². The van der Waals surface area contributed by atoms with Crippen LogP contribution in [0, 0.1) is 0 Å². The van der Waals surface area contributed by atoms with E-state index in [2.05, 4.69) is 13.8 Å². The van der Waals surface area contributed by atoms with Gasteiger partial charge in [0.25, 0.3) is 0 Å². The van der Waals surface area contributed by atoms with Crippen LogP contribution in [-0.2, 0) is 4.74 Å². The second-order valence-corrected chi connectivity index (χ2v) is 3.67. The van der Waals surface area contributed by atoms with Gasteiger partial charge >= 0.3 is 0 Å². The molecule has 13 heavy (non-hydrogen) atoms. The molecule has 1 atom stereocenters. The lowest BCUT2D eigenvalue weighted by Gasteiger charge is -2.11. The molecule has 2 N–H and O–H groups in total. The third kappa shape index (κ3) is 9.84. The lowest BCUT2D eigenvalue weighted by molar-refractivity contribution is 0.0591. The molecular weight excluding hydrogens is 162 g/mol. The topological polar surface area (TPSA) is 35.2 Å². The van der Waals surface area contributed by atoms with Crippen LogP contribution in [0.5, 0.6) is 0 Å². The first kappa shape index (κ1) is 12.9. The van der Waals surface area contributed by atoms with Crippen molar-refractivity contribution in [2.45, 2.75) is 58.5 Å². The van der Waals surface area contributed by atoms with Gasteiger partial charge in [0.2, 0.25) is 0 Å². The van der Waals surface area contributed by atoms with Crippen molar-refractivity contribution in [1.82, 2.24) is 0 Å². The molecule has 0 heterocycles. The van der Waals surface area contributed by atoms with Gasteiger partial charge in [0.15, 0.2) is 0 Å². The van der Waals surface area contributed by atoms with Gasteiger partial charge in [0.1, 0.15) is 0 Å². The molecule has 0 amide bonds. The lowest BCUT2D eigenvalue weighted by Crippen LogP contribution is -2.14. The van der Waals surface area contributed by atoms with E-state index in [1.165, 1.54) is 32.1 Å². The van der Waals surface area contributed by atoms with Crippen molar-refractivity contribution in [3.63, 3.8) is 0 Å². The average molecular weight is 187 g/mol. The quantitative estimate of drug-likeness (QED) is 0.563. The molecule has 0 aromatic rings. The Bertz CT molecular complexity index is 96.1. The molecule has 0 aromatic carbocycles. The van der Waals surface area contributed by atoms with Crippen molar-refractivity contribution >= 4 is 0 Å². The minimum Gasteiger partial charge on any atom is -0.378 e. The van der Waals surface area contributed by atoms with Gasteiger partial charge in [-0.05, 0) is 26.3 Å². The van der Waals surface area contributed by atoms with E-state index >= 15 is 0 Å². The van der Waals surface area contributed by atoms with Gasteiger partial charge in [-0.3, -0.25) is 0 Å². The highest BCUT2D eigenvalue weighted by Gasteiger charge is 1.99. The molecule has 0 aliphatic rings. The number of rotatable bonds is 9. The second-order valence-electron chi connectivity index (χ2n) is 3.67. The van der Waals surface area contributed by atoms with E-state index in [9.17, 15) is 0 Å². The normalized spacial score (nSPS) is 13.2. The predicted molar refractivity (Wildman–Crippen MR) is 57.8 cm³/mol. The molecule has 0 saturated heterocycles. The summed E-state index contributed by atoms with van der Waals surface area (Å²) in [6.07, 6.45) is 7.86. The Kier molecular flexibility index (Phi) is 9.94. The monoisotopic (exact) mass is 187 g/mol. The number of hydrogen-bond acceptors (Lipinski definition) is 2. The molecule has 2 nitrogen and oxygen atoms in total. The van der Waals surface area contributed by atoms with Crippen LogP contribution in [-0.4, -0.2) is 19.3 Å². The molecule has 0 fully saturated rings. The predicted octanol–water partition coefficient (Wildman–Crippen LogP) is 2.71. The van der Waals surface area contributed by atoms with Crippen LogP contribution in [0.15, 0.2) is 0 Å². The van der Waals surface area contributed by atoms with Crippen LogP contribution in [0.4, 0.5) is 0 Å². The van der Waals surface area contributed by atoms with E-state index in [4.69, 9.17) is 10.5 Å². The van der Waals surface area contributed by atoms with Gasteiger partial charge in [-0.15, -0.1) is 0 Å². The molecule has 2 heteroatoms. The maximum Gasteiger partial charge on any atom is 0.0559 e. The lowest BCUT2D eigenvalue weighted by atomic mass is 10.2. The molecule has 0 saturated carbocycles. The summed E-state index contributed by atoms with van der Waals surface area (Å²) < 4.78 is 5.58. The Labute approximate surface area is 82.8 Å². The number of ether oxygens (including phenoxy) is 1. The third-order valence-electron chi connectivity index (χ3n) is 2.22. The maximum absolute atomic E-state index is 5.58. The first-order valence-corrected chi connectivity index (χ1v) is 5.63. The zero-order valence-corrected chi connectivity index (χ0v) is 9.22. The SMILES string of the molecule is CCCCCCCOC(C)CCN. The zero-order chi connectivity index (χ0) is 9.94. The summed E-state index contributed by atoms with van der Waals surface area (Å²) in [5.74, 6) is 0. The molecule has 0 rings (SSSR count). The molecule has 0 aliphatic heterocycles. The van der Waals surface area contributed by atoms with Crippen LogP contribution in [0.25, 0.3) is 0 Å². The molecule has 0 radical (unpaired) electrons. The first-order chi connectivity index (χ1) is 6.31. The first-order valence-electron chi connectivity index (χ1n) is 5.63. The summed E-state index contributed by atoms with van der Waals surface area (Å²) in [5, 5.41) is 0. The zero-order valence-electron chi connectivity index (χ0n) is 9.22. The summed E-state index contributed by atoms with van der Waals surface area (Å²) >= 11 is 0. The third-order valence-corrected chi connectivity index (χ3v) is 2.22. The Morgan fingerprint density at radius 2 is 1.85 bits per heavy atom. The highest BCUT2D eigenvalue weighted by atomic mass is 16.5. The van der Waals surface area contributed by atoms with E-state index in [0.717, 1.165) is 19.6 Å². The minimum absolute atomic E-state index is 0.344. The van der Waals surface area contributed by atoms with Gasteiger partial charge in [-0.2, -0.15) is 0 Å². The van der Waals surface area contributed by atoms with Crippen molar-refractivity contribution in [2.24, 2.45) is 5.73 Å². The van der Waals surface area contributed by atoms with E-state index < -0.39 is 0 Å². The maximum atomic E-state index is 5.58. The molecule has 1 unspecified atom stereocenters. The number of unbranched alkanes of at least 4 members (excludes halogenated alkanes) is 4. The summed E-state index contributed by atoms with van der Waals surface area (Å²) in [5.41, 5.74) is 5.42. The van der Waals surface area contributed by atoms with E-state index in [-0.39, 0.29) is 0 Å². The highest BCUT2D eigenvalue weighted by Crippen LogP contribution is 2.04. The van der Waals surface area contributed by atoms with Crippen molar-refractivity contribution < 1.29 is 4.74 Å². The molecule has 0 aromatic heterocycles. The van der Waals surface area contributed by atoms with E-state index in [0.29, 0.717) is 6.10 Å². The average Bonchev–Trinajstić information content (AvgIpc) is 2.11. The van der Waals surface area contributed by atoms with Gasteiger partial charge in [0.05, 0.1) is 6.10 Å². The Morgan fingerprint density at radius 1 is 1.15 bits per heavy atom. The smallest absolute Gasteiger partial charge is 0.0559 e. The fraction of sp³-hybridized carbons (Fsp3) is 1.00. The summed E-state index contributed by atoms with van der Waals surface area (Å²) in [6, 6.07) is 0. The van der Waals surface area contributed by atoms with Crippen molar-refractivity contribution in [1.29, 1.82) is 0 Å². The van der Waals surface area contributed by atoms with Crippen molar-refractivity contribution in [2.75, 3.05) is 13.2 Å². The number of nitrogens with two attached hydrogens (primary N) is 1. The van der Waals surface area contributed by atoms with Crippen molar-refractivity contribution in [3.05, 3.63) is 0 Å². The molecule has 0 bridgehead atoms. The summed E-state index contributed by atoms with van der Waals surface area (Å²) in [4.78, 5) is 0. The Morgan fingerprint density at radius 3 is 2.46 bits per heavy atom. The molecule has 80 valence electrons. The Hall–Kier alpha value is -0.0800. The van der Waals surface area contributed by atoms with Gasteiger partial charge < -0.3 is 10.5 Å². The van der Waals surface area contributed by atoms with E-state index in [1.807, 2.05) is 0 Å². The fourth-order valence-corrected chi connectivity index (χ4v) is 1.31. The van der Waals surface area contributed by atoms with Gasteiger partial charge in [-0.25, -0.2) is 0 Å². The molecule has 0 aliphatic carbocycles. The van der Waals surface area contributed by atoms with Crippen LogP contribution >= 0.6 is 0 Å². The minimum atomic E-state index is 0.344. The van der Waals surface area contributed by atoms with Crippen molar-refractivity contribution in [3.8, 4) is 0 Å². The summed E-state index contributed by atoms with van der Waals surface area (Å²) in [6.45, 7) is 5.97. The van der Waals surface area contributed by atoms with Crippen LogP contribution in [0.2, 0.25) is 0 Å². The fourth-order valence-electron chi connectivity index (χ4n) is 1.31. The van der Waals surface area contributed by atoms with Crippen LogP contribution in [0.3, 0.4) is 0 Å². The largest absolute Gasteiger partial charge is 0.378 e. The number of hydrogen-bond donors (Lipinski definition) is 1. The Balaban J connectivity index is 2.97. The highest BCUT2D eigenvalue weighted by molar-refractivity contribution is 4.50. The molecule has 0 spiro atoms.